The van der Waals surface area contributed by atoms with E-state index in [-0.39, 0.29) is 11.6 Å². The summed E-state index contributed by atoms with van der Waals surface area (Å²) >= 11 is 0. The second-order valence-electron chi connectivity index (χ2n) is 4.93. The molecule has 3 aromatic rings. The summed E-state index contributed by atoms with van der Waals surface area (Å²) in [7, 11) is 0. The Hall–Kier alpha value is -2.96. The molecule has 0 bridgehead atoms. The number of aryl methyl sites for hydroxylation is 2. The fourth-order valence-electron chi connectivity index (χ4n) is 2.30. The Labute approximate surface area is 132 Å². The van der Waals surface area contributed by atoms with Crippen LogP contribution in [-0.4, -0.2) is 37.4 Å². The van der Waals surface area contributed by atoms with E-state index in [1.165, 1.54) is 11.8 Å². The van der Waals surface area contributed by atoms with Gasteiger partial charge in [0.2, 0.25) is 11.6 Å². The lowest BCUT2D eigenvalue weighted by Crippen LogP contribution is -2.10. The molecule has 118 valence electrons. The number of carbonyl (C=O) groups is 1. The van der Waals surface area contributed by atoms with Crippen LogP contribution in [0, 0.1) is 0 Å². The van der Waals surface area contributed by atoms with Crippen molar-refractivity contribution < 1.29 is 14.6 Å². The van der Waals surface area contributed by atoms with Crippen LogP contribution in [-0.2, 0) is 13.0 Å². The summed E-state index contributed by atoms with van der Waals surface area (Å²) in [6.45, 7) is 2.71. The second-order valence-corrected chi connectivity index (χ2v) is 4.93. The number of ether oxygens (including phenoxy) is 1. The molecule has 7 nitrogen and oxygen atoms in total. The molecule has 3 rings (SSSR count). The summed E-state index contributed by atoms with van der Waals surface area (Å²) in [5.74, 6) is -1.14. The van der Waals surface area contributed by atoms with Gasteiger partial charge in [0.05, 0.1) is 12.8 Å². The SMILES string of the molecule is CCOc1nc2c(cnn2CCc2ccccc2)nc1C(=O)O. The molecule has 0 atom stereocenters. The number of aromatic carboxylic acids is 1. The van der Waals surface area contributed by atoms with E-state index in [0.29, 0.717) is 24.3 Å². The van der Waals surface area contributed by atoms with Crippen LogP contribution in [0.4, 0.5) is 0 Å². The molecule has 0 fully saturated rings. The van der Waals surface area contributed by atoms with Gasteiger partial charge in [-0.2, -0.15) is 10.1 Å². The third kappa shape index (κ3) is 3.13. The normalized spacial score (nSPS) is 10.8. The van der Waals surface area contributed by atoms with Crippen LogP contribution >= 0.6 is 0 Å². The molecule has 23 heavy (non-hydrogen) atoms. The van der Waals surface area contributed by atoms with Crippen LogP contribution in [0.1, 0.15) is 23.0 Å². The van der Waals surface area contributed by atoms with Gasteiger partial charge < -0.3 is 9.84 Å². The van der Waals surface area contributed by atoms with E-state index in [2.05, 4.69) is 15.1 Å². The Bertz CT molecular complexity index is 830. The Morgan fingerprint density at radius 3 is 2.74 bits per heavy atom. The summed E-state index contributed by atoms with van der Waals surface area (Å²) in [5, 5.41) is 13.5. The first-order valence-corrected chi connectivity index (χ1v) is 7.32. The zero-order valence-corrected chi connectivity index (χ0v) is 12.6. The minimum absolute atomic E-state index is 0.0222. The number of hydrogen-bond donors (Lipinski definition) is 1. The molecule has 0 aliphatic heterocycles. The van der Waals surface area contributed by atoms with Gasteiger partial charge in [-0.25, -0.2) is 14.5 Å². The minimum atomic E-state index is -1.17. The predicted molar refractivity (Wildman–Crippen MR) is 83.6 cm³/mol. The summed E-state index contributed by atoms with van der Waals surface area (Å²) < 4.78 is 7.01. The van der Waals surface area contributed by atoms with Crippen molar-refractivity contribution in [1.82, 2.24) is 19.7 Å². The van der Waals surface area contributed by atoms with Gasteiger partial charge in [0.15, 0.2) is 5.65 Å². The Morgan fingerprint density at radius 1 is 1.26 bits per heavy atom. The number of fused-ring (bicyclic) bond motifs is 1. The second kappa shape index (κ2) is 6.43. The molecule has 2 aromatic heterocycles. The van der Waals surface area contributed by atoms with Crippen LogP contribution in [0.2, 0.25) is 0 Å². The molecule has 0 aliphatic carbocycles. The first-order chi connectivity index (χ1) is 11.2. The van der Waals surface area contributed by atoms with Crippen molar-refractivity contribution >= 4 is 17.1 Å². The van der Waals surface area contributed by atoms with Crippen molar-refractivity contribution in [1.29, 1.82) is 0 Å². The van der Waals surface area contributed by atoms with Crippen LogP contribution in [0.3, 0.4) is 0 Å². The maximum absolute atomic E-state index is 11.2. The zero-order valence-electron chi connectivity index (χ0n) is 12.6. The Morgan fingerprint density at radius 2 is 2.04 bits per heavy atom. The molecular formula is C16H16N4O3. The van der Waals surface area contributed by atoms with Crippen LogP contribution in [0.25, 0.3) is 11.2 Å². The third-order valence-electron chi connectivity index (χ3n) is 3.37. The number of benzene rings is 1. The molecule has 0 saturated heterocycles. The topological polar surface area (TPSA) is 90.1 Å². The lowest BCUT2D eigenvalue weighted by Gasteiger charge is -2.07. The summed E-state index contributed by atoms with van der Waals surface area (Å²) in [5.41, 5.74) is 1.96. The van der Waals surface area contributed by atoms with E-state index in [9.17, 15) is 9.90 Å². The van der Waals surface area contributed by atoms with Gasteiger partial charge in [-0.1, -0.05) is 30.3 Å². The van der Waals surface area contributed by atoms with Crippen molar-refractivity contribution in [3.8, 4) is 5.88 Å². The van der Waals surface area contributed by atoms with E-state index in [1.807, 2.05) is 30.3 Å². The quantitative estimate of drug-likeness (QED) is 0.750. The number of carboxylic acids is 1. The highest BCUT2D eigenvalue weighted by atomic mass is 16.5. The van der Waals surface area contributed by atoms with Gasteiger partial charge in [0.1, 0.15) is 5.52 Å². The lowest BCUT2D eigenvalue weighted by atomic mass is 10.1. The average Bonchev–Trinajstić information content (AvgIpc) is 2.95. The number of nitrogens with zero attached hydrogens (tertiary/aromatic N) is 4. The average molecular weight is 312 g/mol. The summed E-state index contributed by atoms with van der Waals surface area (Å²) in [6.07, 6.45) is 2.32. The summed E-state index contributed by atoms with van der Waals surface area (Å²) in [4.78, 5) is 19.6. The fraction of sp³-hybridized carbons (Fsp3) is 0.250. The molecule has 0 amide bonds. The fourth-order valence-corrected chi connectivity index (χ4v) is 2.30. The first-order valence-electron chi connectivity index (χ1n) is 7.32. The zero-order chi connectivity index (χ0) is 16.2. The largest absolute Gasteiger partial charge is 0.476 e. The highest BCUT2D eigenvalue weighted by Gasteiger charge is 2.19. The molecule has 2 heterocycles. The van der Waals surface area contributed by atoms with Gasteiger partial charge in [-0.15, -0.1) is 0 Å². The highest BCUT2D eigenvalue weighted by molar-refractivity contribution is 5.90. The maximum Gasteiger partial charge on any atom is 0.360 e. The van der Waals surface area contributed by atoms with Crippen LogP contribution in [0.15, 0.2) is 36.5 Å². The minimum Gasteiger partial charge on any atom is -0.476 e. The van der Waals surface area contributed by atoms with Gasteiger partial charge in [-0.05, 0) is 18.9 Å². The molecule has 1 N–H and O–H groups in total. The number of rotatable bonds is 6. The van der Waals surface area contributed by atoms with Gasteiger partial charge in [0.25, 0.3) is 0 Å². The molecule has 0 saturated carbocycles. The summed E-state index contributed by atoms with van der Waals surface area (Å²) in [6, 6.07) is 10.0. The van der Waals surface area contributed by atoms with E-state index >= 15 is 0 Å². The monoisotopic (exact) mass is 312 g/mol. The molecular weight excluding hydrogens is 296 g/mol. The van der Waals surface area contributed by atoms with Crippen molar-refractivity contribution in [3.63, 3.8) is 0 Å². The van der Waals surface area contributed by atoms with Crippen LogP contribution < -0.4 is 4.74 Å². The molecule has 1 aromatic carbocycles. The van der Waals surface area contributed by atoms with E-state index in [4.69, 9.17) is 4.74 Å². The predicted octanol–water partition coefficient (Wildman–Crippen LogP) is 2.17. The van der Waals surface area contributed by atoms with Gasteiger partial charge in [-0.3, -0.25) is 0 Å². The standard InChI is InChI=1S/C16H16N4O3/c1-2-23-15-13(16(21)22)18-12-10-17-20(14(12)19-15)9-8-11-6-4-3-5-7-11/h3-7,10H,2,8-9H2,1H3,(H,21,22). The Balaban J connectivity index is 1.92. The highest BCUT2D eigenvalue weighted by Crippen LogP contribution is 2.19. The number of carboxylic acid groups (broad SMARTS) is 1. The van der Waals surface area contributed by atoms with E-state index < -0.39 is 5.97 Å². The van der Waals surface area contributed by atoms with Crippen molar-refractivity contribution in [3.05, 3.63) is 47.8 Å². The molecule has 0 radical (unpaired) electrons. The van der Waals surface area contributed by atoms with Crippen molar-refractivity contribution in [2.75, 3.05) is 6.61 Å². The van der Waals surface area contributed by atoms with E-state index in [1.54, 1.807) is 11.6 Å². The van der Waals surface area contributed by atoms with Crippen LogP contribution in [0.5, 0.6) is 5.88 Å². The Kier molecular flexibility index (Phi) is 4.18. The third-order valence-corrected chi connectivity index (χ3v) is 3.37. The van der Waals surface area contributed by atoms with Crippen molar-refractivity contribution in [2.45, 2.75) is 19.9 Å². The lowest BCUT2D eigenvalue weighted by molar-refractivity contribution is 0.0685. The van der Waals surface area contributed by atoms with E-state index in [0.717, 1.165) is 6.42 Å². The molecule has 0 unspecified atom stereocenters. The van der Waals surface area contributed by atoms with Crippen molar-refractivity contribution in [2.24, 2.45) is 0 Å². The molecule has 0 aliphatic rings. The molecule has 0 spiro atoms. The maximum atomic E-state index is 11.2. The van der Waals surface area contributed by atoms with Gasteiger partial charge in [0, 0.05) is 6.54 Å². The molecule has 7 heteroatoms. The smallest absolute Gasteiger partial charge is 0.360 e. The van der Waals surface area contributed by atoms with Gasteiger partial charge >= 0.3 is 5.97 Å². The number of hydrogen-bond acceptors (Lipinski definition) is 5. The number of aromatic nitrogens is 4. The first kappa shape index (κ1) is 15.0.